The Balaban J connectivity index is 2.98. The van der Waals surface area contributed by atoms with E-state index < -0.39 is 0 Å². The standard InChI is InChI=1S/C11H12FNO/c1-13-7-3-5-10-9(8-14)4-2-6-11(10)12/h2-6,8,13H,7H2,1H3. The van der Waals surface area contributed by atoms with Gasteiger partial charge in [-0.25, -0.2) is 4.39 Å². The van der Waals surface area contributed by atoms with Gasteiger partial charge in [0.15, 0.2) is 6.29 Å². The van der Waals surface area contributed by atoms with Gasteiger partial charge in [-0.3, -0.25) is 4.79 Å². The predicted molar refractivity (Wildman–Crippen MR) is 54.7 cm³/mol. The van der Waals surface area contributed by atoms with Gasteiger partial charge in [-0.05, 0) is 13.1 Å². The van der Waals surface area contributed by atoms with Gasteiger partial charge in [0.1, 0.15) is 5.82 Å². The van der Waals surface area contributed by atoms with Gasteiger partial charge in [0.2, 0.25) is 0 Å². The normalized spacial score (nSPS) is 10.7. The Labute approximate surface area is 82.4 Å². The molecule has 0 saturated carbocycles. The van der Waals surface area contributed by atoms with Gasteiger partial charge < -0.3 is 5.32 Å². The van der Waals surface area contributed by atoms with Crippen LogP contribution in [0.15, 0.2) is 24.3 Å². The minimum atomic E-state index is -0.373. The molecule has 0 bridgehead atoms. The summed E-state index contributed by atoms with van der Waals surface area (Å²) >= 11 is 0. The number of halogens is 1. The minimum absolute atomic E-state index is 0.345. The van der Waals surface area contributed by atoms with Crippen LogP contribution in [0.25, 0.3) is 6.08 Å². The minimum Gasteiger partial charge on any atom is -0.316 e. The molecule has 0 aliphatic heterocycles. The van der Waals surface area contributed by atoms with Crippen molar-refractivity contribution in [2.45, 2.75) is 0 Å². The number of carbonyl (C=O) groups excluding carboxylic acids is 1. The van der Waals surface area contributed by atoms with Gasteiger partial charge in [-0.2, -0.15) is 0 Å². The number of aldehydes is 1. The van der Waals surface area contributed by atoms with Gasteiger partial charge in [0, 0.05) is 17.7 Å². The lowest BCUT2D eigenvalue weighted by molar-refractivity contribution is 0.112. The van der Waals surface area contributed by atoms with Crippen molar-refractivity contribution in [1.29, 1.82) is 0 Å². The number of benzene rings is 1. The average Bonchev–Trinajstić information content (AvgIpc) is 2.20. The lowest BCUT2D eigenvalue weighted by atomic mass is 10.1. The van der Waals surface area contributed by atoms with E-state index in [1.807, 2.05) is 0 Å². The van der Waals surface area contributed by atoms with Crippen LogP contribution >= 0.6 is 0 Å². The molecule has 1 aromatic rings. The molecule has 14 heavy (non-hydrogen) atoms. The molecule has 0 aromatic heterocycles. The highest BCUT2D eigenvalue weighted by Crippen LogP contribution is 2.13. The second-order valence-electron chi connectivity index (χ2n) is 2.82. The molecule has 0 aliphatic carbocycles. The molecular formula is C11H12FNO. The van der Waals surface area contributed by atoms with Crippen molar-refractivity contribution in [3.63, 3.8) is 0 Å². The molecule has 0 radical (unpaired) electrons. The van der Waals surface area contributed by atoms with E-state index in [0.29, 0.717) is 24.0 Å². The van der Waals surface area contributed by atoms with Crippen LogP contribution in [0.3, 0.4) is 0 Å². The van der Waals surface area contributed by atoms with Gasteiger partial charge in [-0.15, -0.1) is 0 Å². The molecule has 74 valence electrons. The Kier molecular flexibility index (Phi) is 4.01. The number of rotatable bonds is 4. The van der Waals surface area contributed by atoms with Crippen LogP contribution in [0.2, 0.25) is 0 Å². The molecule has 0 fully saturated rings. The van der Waals surface area contributed by atoms with E-state index in [9.17, 15) is 9.18 Å². The topological polar surface area (TPSA) is 29.1 Å². The van der Waals surface area contributed by atoms with Crippen LogP contribution in [0.4, 0.5) is 4.39 Å². The van der Waals surface area contributed by atoms with Crippen molar-refractivity contribution < 1.29 is 9.18 Å². The van der Waals surface area contributed by atoms with E-state index >= 15 is 0 Å². The van der Waals surface area contributed by atoms with Crippen molar-refractivity contribution in [2.24, 2.45) is 0 Å². The summed E-state index contributed by atoms with van der Waals surface area (Å²) in [5.41, 5.74) is 0.718. The summed E-state index contributed by atoms with van der Waals surface area (Å²) in [6, 6.07) is 4.45. The van der Waals surface area contributed by atoms with Crippen LogP contribution in [0.5, 0.6) is 0 Å². The van der Waals surface area contributed by atoms with Crippen molar-refractivity contribution >= 4 is 12.4 Å². The summed E-state index contributed by atoms with van der Waals surface area (Å²) in [4.78, 5) is 10.6. The summed E-state index contributed by atoms with van der Waals surface area (Å²) in [6.07, 6.45) is 4.03. The van der Waals surface area contributed by atoms with E-state index in [1.54, 1.807) is 25.3 Å². The number of nitrogens with one attached hydrogen (secondary N) is 1. The van der Waals surface area contributed by atoms with E-state index in [0.717, 1.165) is 0 Å². The number of hydrogen-bond donors (Lipinski definition) is 1. The fraction of sp³-hybridized carbons (Fsp3) is 0.182. The SMILES string of the molecule is CNCC=Cc1c(F)cccc1C=O. The third-order valence-electron chi connectivity index (χ3n) is 1.82. The fourth-order valence-corrected chi connectivity index (χ4v) is 1.13. The maximum Gasteiger partial charge on any atom is 0.150 e. The Morgan fingerprint density at radius 3 is 2.93 bits per heavy atom. The first-order valence-corrected chi connectivity index (χ1v) is 4.34. The Bertz CT molecular complexity index is 347. The summed E-state index contributed by atoms with van der Waals surface area (Å²) in [5, 5.41) is 2.90. The Hall–Kier alpha value is -1.48. The first-order valence-electron chi connectivity index (χ1n) is 4.34. The highest BCUT2D eigenvalue weighted by molar-refractivity contribution is 5.81. The zero-order chi connectivity index (χ0) is 10.4. The predicted octanol–water partition coefficient (Wildman–Crippen LogP) is 1.87. The van der Waals surface area contributed by atoms with E-state index in [4.69, 9.17) is 0 Å². The van der Waals surface area contributed by atoms with Crippen molar-refractivity contribution in [2.75, 3.05) is 13.6 Å². The molecule has 0 aliphatic rings. The van der Waals surface area contributed by atoms with Crippen molar-refractivity contribution in [3.05, 3.63) is 41.2 Å². The second-order valence-corrected chi connectivity index (χ2v) is 2.82. The molecule has 1 N–H and O–H groups in total. The number of likely N-dealkylation sites (N-methyl/N-ethyl adjacent to an activating group) is 1. The Morgan fingerprint density at radius 2 is 2.29 bits per heavy atom. The lowest BCUT2D eigenvalue weighted by Crippen LogP contribution is -2.04. The molecular weight excluding hydrogens is 181 g/mol. The smallest absolute Gasteiger partial charge is 0.150 e. The van der Waals surface area contributed by atoms with Crippen LogP contribution in [0, 0.1) is 5.82 Å². The Morgan fingerprint density at radius 1 is 1.50 bits per heavy atom. The zero-order valence-corrected chi connectivity index (χ0v) is 7.96. The quantitative estimate of drug-likeness (QED) is 0.739. The highest BCUT2D eigenvalue weighted by atomic mass is 19.1. The molecule has 1 rings (SSSR count). The largest absolute Gasteiger partial charge is 0.316 e. The van der Waals surface area contributed by atoms with Gasteiger partial charge >= 0.3 is 0 Å². The lowest BCUT2D eigenvalue weighted by Gasteiger charge is -1.99. The van der Waals surface area contributed by atoms with Gasteiger partial charge in [-0.1, -0.05) is 24.3 Å². The third kappa shape index (κ3) is 2.50. The molecule has 3 heteroatoms. The van der Waals surface area contributed by atoms with E-state index in [1.165, 1.54) is 12.1 Å². The van der Waals surface area contributed by atoms with E-state index in [2.05, 4.69) is 5.32 Å². The third-order valence-corrected chi connectivity index (χ3v) is 1.82. The average molecular weight is 193 g/mol. The molecule has 0 heterocycles. The summed E-state index contributed by atoms with van der Waals surface area (Å²) in [5.74, 6) is -0.373. The van der Waals surface area contributed by atoms with Crippen molar-refractivity contribution in [3.8, 4) is 0 Å². The molecule has 0 saturated heterocycles. The molecule has 0 atom stereocenters. The van der Waals surface area contributed by atoms with Crippen molar-refractivity contribution in [1.82, 2.24) is 5.32 Å². The van der Waals surface area contributed by atoms with Crippen LogP contribution < -0.4 is 5.32 Å². The maximum absolute atomic E-state index is 13.2. The van der Waals surface area contributed by atoms with Crippen LogP contribution in [-0.2, 0) is 0 Å². The molecule has 0 spiro atoms. The first kappa shape index (κ1) is 10.6. The van der Waals surface area contributed by atoms with E-state index in [-0.39, 0.29) is 5.82 Å². The van der Waals surface area contributed by atoms with Gasteiger partial charge in [0.25, 0.3) is 0 Å². The highest BCUT2D eigenvalue weighted by Gasteiger charge is 2.03. The monoisotopic (exact) mass is 193 g/mol. The maximum atomic E-state index is 13.2. The summed E-state index contributed by atoms with van der Waals surface area (Å²) in [7, 11) is 1.80. The summed E-state index contributed by atoms with van der Waals surface area (Å²) < 4.78 is 13.2. The second kappa shape index (κ2) is 5.29. The number of carbonyl (C=O) groups is 1. The zero-order valence-electron chi connectivity index (χ0n) is 7.96. The molecule has 0 unspecified atom stereocenters. The molecule has 0 amide bonds. The van der Waals surface area contributed by atoms with Gasteiger partial charge in [0.05, 0.1) is 0 Å². The fourth-order valence-electron chi connectivity index (χ4n) is 1.13. The molecule has 1 aromatic carbocycles. The molecule has 2 nitrogen and oxygen atoms in total. The van der Waals surface area contributed by atoms with Crippen LogP contribution in [-0.4, -0.2) is 19.9 Å². The number of hydrogen-bond acceptors (Lipinski definition) is 2. The van der Waals surface area contributed by atoms with Crippen LogP contribution in [0.1, 0.15) is 15.9 Å². The summed E-state index contributed by atoms with van der Waals surface area (Å²) in [6.45, 7) is 0.645. The first-order chi connectivity index (χ1) is 6.79.